The molecule has 0 unspecified atom stereocenters. The number of fused-ring (bicyclic) bond motifs is 1. The highest BCUT2D eigenvalue weighted by molar-refractivity contribution is 5.88. The van der Waals surface area contributed by atoms with E-state index in [9.17, 15) is 4.79 Å². The summed E-state index contributed by atoms with van der Waals surface area (Å²) in [6.07, 6.45) is 7.75. The van der Waals surface area contributed by atoms with Crippen molar-refractivity contribution in [2.45, 2.75) is 43.9 Å². The van der Waals surface area contributed by atoms with Gasteiger partial charge in [0, 0.05) is 37.9 Å². The second-order valence-electron chi connectivity index (χ2n) is 9.35. The molecule has 0 saturated carbocycles. The maximum atomic E-state index is 13.9. The van der Waals surface area contributed by atoms with Crippen LogP contribution >= 0.6 is 0 Å². The molecule has 4 nitrogen and oxygen atoms in total. The van der Waals surface area contributed by atoms with Gasteiger partial charge in [0.05, 0.1) is 10.9 Å². The monoisotopic (exact) mass is 428 g/mol. The fourth-order valence-electron chi connectivity index (χ4n) is 5.62. The number of likely N-dealkylation sites (tertiary alicyclic amines) is 1. The van der Waals surface area contributed by atoms with Gasteiger partial charge in [0.15, 0.2) is 0 Å². The van der Waals surface area contributed by atoms with E-state index in [1.165, 1.54) is 10.9 Å². The van der Waals surface area contributed by atoms with Crippen molar-refractivity contribution in [3.8, 4) is 0 Å². The number of carbonyl (C=O) groups is 1. The van der Waals surface area contributed by atoms with Gasteiger partial charge in [-0.05, 0) is 61.6 Å². The Labute approximate surface area is 190 Å². The number of benzene rings is 2. The van der Waals surface area contributed by atoms with E-state index in [1.54, 1.807) is 0 Å². The number of ether oxygens (including phenoxy) is 1. The van der Waals surface area contributed by atoms with E-state index in [0.717, 1.165) is 62.7 Å². The molecule has 2 aromatic carbocycles. The molecule has 2 fully saturated rings. The SMILES string of the molecule is O=C(N1CCC[C@@H](Cc2cccc3cccnc23)CC1)C1(c2ccccc2)CCOCC1. The Morgan fingerprint density at radius 1 is 0.969 bits per heavy atom. The van der Waals surface area contributed by atoms with Crippen LogP contribution in [0.5, 0.6) is 0 Å². The molecule has 5 rings (SSSR count). The van der Waals surface area contributed by atoms with Crippen molar-refractivity contribution in [1.29, 1.82) is 0 Å². The zero-order valence-corrected chi connectivity index (χ0v) is 18.7. The average Bonchev–Trinajstić information content (AvgIpc) is 3.10. The van der Waals surface area contributed by atoms with Gasteiger partial charge in [-0.15, -0.1) is 0 Å². The van der Waals surface area contributed by atoms with Gasteiger partial charge in [0.25, 0.3) is 0 Å². The van der Waals surface area contributed by atoms with Crippen LogP contribution in [0.1, 0.15) is 43.2 Å². The molecule has 0 spiro atoms. The number of aromatic nitrogens is 1. The summed E-state index contributed by atoms with van der Waals surface area (Å²) in [4.78, 5) is 20.7. The predicted molar refractivity (Wildman–Crippen MR) is 128 cm³/mol. The summed E-state index contributed by atoms with van der Waals surface area (Å²) < 4.78 is 5.65. The number of pyridine rings is 1. The third-order valence-corrected chi connectivity index (χ3v) is 7.44. The molecule has 1 atom stereocenters. The minimum atomic E-state index is -0.432. The fourth-order valence-corrected chi connectivity index (χ4v) is 5.62. The van der Waals surface area contributed by atoms with Crippen molar-refractivity contribution >= 4 is 16.8 Å². The Bertz CT molecular complexity index is 1050. The first-order chi connectivity index (χ1) is 15.8. The molecule has 0 bridgehead atoms. The van der Waals surface area contributed by atoms with Gasteiger partial charge in [-0.25, -0.2) is 0 Å². The fraction of sp³-hybridized carbons (Fsp3) is 0.429. The van der Waals surface area contributed by atoms with E-state index < -0.39 is 5.41 Å². The number of hydrogen-bond donors (Lipinski definition) is 0. The molecule has 4 heteroatoms. The molecule has 3 aromatic rings. The quantitative estimate of drug-likeness (QED) is 0.577. The molecule has 3 heterocycles. The van der Waals surface area contributed by atoms with Crippen LogP contribution in [0.3, 0.4) is 0 Å². The summed E-state index contributed by atoms with van der Waals surface area (Å²) >= 11 is 0. The Hall–Kier alpha value is -2.72. The summed E-state index contributed by atoms with van der Waals surface area (Å²) in [6.45, 7) is 3.02. The van der Waals surface area contributed by atoms with E-state index in [0.29, 0.717) is 25.0 Å². The van der Waals surface area contributed by atoms with E-state index in [2.05, 4.69) is 58.4 Å². The molecule has 0 radical (unpaired) electrons. The highest BCUT2D eigenvalue weighted by Gasteiger charge is 2.44. The lowest BCUT2D eigenvalue weighted by atomic mass is 9.73. The Kier molecular flexibility index (Phi) is 6.22. The van der Waals surface area contributed by atoms with Crippen molar-refractivity contribution in [2.24, 2.45) is 5.92 Å². The van der Waals surface area contributed by atoms with Crippen molar-refractivity contribution in [3.63, 3.8) is 0 Å². The molecule has 0 N–H and O–H groups in total. The number of hydrogen-bond acceptors (Lipinski definition) is 3. The van der Waals surface area contributed by atoms with Gasteiger partial charge < -0.3 is 9.64 Å². The van der Waals surface area contributed by atoms with Crippen molar-refractivity contribution in [3.05, 3.63) is 78.0 Å². The second kappa shape index (κ2) is 9.41. The summed E-state index contributed by atoms with van der Waals surface area (Å²) in [7, 11) is 0. The van der Waals surface area contributed by atoms with Crippen molar-refractivity contribution in [2.75, 3.05) is 26.3 Å². The predicted octanol–water partition coefficient (Wildman–Crippen LogP) is 5.15. The number of nitrogens with zero attached hydrogens (tertiary/aromatic N) is 2. The molecular weight excluding hydrogens is 396 g/mol. The van der Waals surface area contributed by atoms with Gasteiger partial charge in [-0.2, -0.15) is 0 Å². The first-order valence-electron chi connectivity index (χ1n) is 12.0. The number of para-hydroxylation sites is 1. The minimum absolute atomic E-state index is 0.305. The summed E-state index contributed by atoms with van der Waals surface area (Å²) in [5.41, 5.74) is 3.17. The topological polar surface area (TPSA) is 42.4 Å². The maximum absolute atomic E-state index is 13.9. The Morgan fingerprint density at radius 2 is 1.78 bits per heavy atom. The van der Waals surface area contributed by atoms with Crippen LogP contribution in [-0.4, -0.2) is 42.1 Å². The molecule has 0 aliphatic carbocycles. The third-order valence-electron chi connectivity index (χ3n) is 7.44. The van der Waals surface area contributed by atoms with Gasteiger partial charge in [-0.3, -0.25) is 9.78 Å². The zero-order chi connectivity index (χ0) is 21.8. The molecule has 2 saturated heterocycles. The number of rotatable bonds is 4. The average molecular weight is 429 g/mol. The molecular formula is C28H32N2O2. The van der Waals surface area contributed by atoms with Gasteiger partial charge in [0.2, 0.25) is 5.91 Å². The van der Waals surface area contributed by atoms with Crippen molar-refractivity contribution in [1.82, 2.24) is 9.88 Å². The standard InChI is InChI=1S/C28H32N2O2/c31-27(28(14-19-32-20-15-28)25-11-2-1-3-12-25)30-17-6-7-22(13-18-30)21-24-9-4-8-23-10-5-16-29-26(23)24/h1-5,8-12,16,22H,6-7,13-15,17-21H2/t22-/m1/s1. The molecule has 32 heavy (non-hydrogen) atoms. The lowest BCUT2D eigenvalue weighted by Crippen LogP contribution is -2.50. The van der Waals surface area contributed by atoms with Crippen LogP contribution in [0.2, 0.25) is 0 Å². The first kappa shape index (κ1) is 21.1. The first-order valence-corrected chi connectivity index (χ1v) is 12.0. The van der Waals surface area contributed by atoms with Crippen LogP contribution in [0.15, 0.2) is 66.9 Å². The highest BCUT2D eigenvalue weighted by Crippen LogP contribution is 2.38. The molecule has 2 aliphatic heterocycles. The van der Waals surface area contributed by atoms with Crippen LogP contribution in [0.4, 0.5) is 0 Å². The van der Waals surface area contributed by atoms with E-state index in [4.69, 9.17) is 4.74 Å². The summed E-state index contributed by atoms with van der Waals surface area (Å²) in [5, 5.41) is 1.21. The van der Waals surface area contributed by atoms with E-state index >= 15 is 0 Å². The minimum Gasteiger partial charge on any atom is -0.381 e. The number of amides is 1. The molecule has 2 aliphatic rings. The summed E-state index contributed by atoms with van der Waals surface area (Å²) in [6, 6.07) is 21.0. The zero-order valence-electron chi connectivity index (χ0n) is 18.7. The van der Waals surface area contributed by atoms with Crippen LogP contribution < -0.4 is 0 Å². The summed E-state index contributed by atoms with van der Waals surface area (Å²) in [5.74, 6) is 0.891. The van der Waals surface area contributed by atoms with Gasteiger partial charge >= 0.3 is 0 Å². The Balaban J connectivity index is 1.32. The van der Waals surface area contributed by atoms with Gasteiger partial charge in [-0.1, -0.05) is 54.6 Å². The maximum Gasteiger partial charge on any atom is 0.233 e. The molecule has 166 valence electrons. The van der Waals surface area contributed by atoms with E-state index in [-0.39, 0.29) is 0 Å². The largest absolute Gasteiger partial charge is 0.381 e. The molecule has 1 amide bonds. The smallest absolute Gasteiger partial charge is 0.233 e. The lowest BCUT2D eigenvalue weighted by molar-refractivity contribution is -0.141. The van der Waals surface area contributed by atoms with Crippen LogP contribution in [0.25, 0.3) is 10.9 Å². The highest BCUT2D eigenvalue weighted by atomic mass is 16.5. The van der Waals surface area contributed by atoms with E-state index in [1.807, 2.05) is 18.3 Å². The molecule has 1 aromatic heterocycles. The second-order valence-corrected chi connectivity index (χ2v) is 9.35. The third kappa shape index (κ3) is 4.16. The number of carbonyl (C=O) groups excluding carboxylic acids is 1. The van der Waals surface area contributed by atoms with Gasteiger partial charge in [0.1, 0.15) is 0 Å². The van der Waals surface area contributed by atoms with Crippen LogP contribution in [0, 0.1) is 5.92 Å². The normalized spacial score (nSPS) is 21.2. The lowest BCUT2D eigenvalue weighted by Gasteiger charge is -2.40. The van der Waals surface area contributed by atoms with Crippen molar-refractivity contribution < 1.29 is 9.53 Å². The Morgan fingerprint density at radius 3 is 2.62 bits per heavy atom. The van der Waals surface area contributed by atoms with Crippen LogP contribution in [-0.2, 0) is 21.4 Å².